The van der Waals surface area contributed by atoms with Gasteiger partial charge in [0, 0.05) is 31.8 Å². The largest absolute Gasteiger partial charge is 0.376 e. The number of nitrogens with one attached hydrogen (secondary N) is 1. The van der Waals surface area contributed by atoms with E-state index in [1.54, 1.807) is 0 Å². The molecule has 2 heterocycles. The molecule has 6 nitrogen and oxygen atoms in total. The van der Waals surface area contributed by atoms with Crippen LogP contribution in [-0.2, 0) is 14.8 Å². The van der Waals surface area contributed by atoms with Gasteiger partial charge in [0.1, 0.15) is 10.7 Å². The van der Waals surface area contributed by atoms with Crippen LogP contribution >= 0.6 is 0 Å². The van der Waals surface area contributed by atoms with Crippen LogP contribution in [0.15, 0.2) is 23.1 Å². The summed E-state index contributed by atoms with van der Waals surface area (Å²) in [4.78, 5) is 11.8. The number of sulfonamides is 1. The molecule has 1 amide bonds. The normalized spacial score (nSPS) is 22.0. The highest BCUT2D eigenvalue weighted by Gasteiger charge is 2.29. The van der Waals surface area contributed by atoms with E-state index in [4.69, 9.17) is 4.74 Å². The number of halogens is 1. The minimum absolute atomic E-state index is 0.0130. The number of hydrogen-bond donors (Lipinski definition) is 1. The number of hydrogen-bond acceptors (Lipinski definition) is 4. The molecule has 1 unspecified atom stereocenters. The Hall–Kier alpha value is -1.51. The van der Waals surface area contributed by atoms with E-state index in [9.17, 15) is 17.6 Å². The summed E-state index contributed by atoms with van der Waals surface area (Å²) in [5.74, 6) is -1.26. The molecule has 0 bridgehead atoms. The summed E-state index contributed by atoms with van der Waals surface area (Å²) < 4.78 is 46.3. The maximum Gasteiger partial charge on any atom is 0.251 e. The second-order valence-electron chi connectivity index (χ2n) is 6.45. The van der Waals surface area contributed by atoms with Crippen molar-refractivity contribution < 1.29 is 22.3 Å². The van der Waals surface area contributed by atoms with Gasteiger partial charge in [-0.15, -0.1) is 0 Å². The molecule has 8 heteroatoms. The Kier molecular flexibility index (Phi) is 5.71. The van der Waals surface area contributed by atoms with E-state index in [1.807, 2.05) is 0 Å². The number of carbonyl (C=O) groups excluding carboxylic acids is 1. The molecule has 25 heavy (non-hydrogen) atoms. The first kappa shape index (κ1) is 18.3. The molecule has 0 spiro atoms. The van der Waals surface area contributed by atoms with Crippen LogP contribution in [0.1, 0.15) is 42.5 Å². The quantitative estimate of drug-likeness (QED) is 0.859. The predicted molar refractivity (Wildman–Crippen MR) is 90.3 cm³/mol. The maximum absolute atomic E-state index is 14.2. The van der Waals surface area contributed by atoms with E-state index in [1.165, 1.54) is 10.4 Å². The van der Waals surface area contributed by atoms with Crippen molar-refractivity contribution in [3.63, 3.8) is 0 Å². The highest BCUT2D eigenvalue weighted by Crippen LogP contribution is 2.24. The fraction of sp³-hybridized carbons (Fsp3) is 0.588. The second-order valence-corrected chi connectivity index (χ2v) is 8.36. The smallest absolute Gasteiger partial charge is 0.251 e. The zero-order valence-electron chi connectivity index (χ0n) is 14.0. The third-order valence-corrected chi connectivity index (χ3v) is 6.55. The van der Waals surface area contributed by atoms with Gasteiger partial charge in [-0.3, -0.25) is 4.79 Å². The molecule has 0 radical (unpaired) electrons. The van der Waals surface area contributed by atoms with E-state index < -0.39 is 26.6 Å². The van der Waals surface area contributed by atoms with Crippen LogP contribution in [0.2, 0.25) is 0 Å². The van der Waals surface area contributed by atoms with Crippen molar-refractivity contribution in [2.45, 2.75) is 43.1 Å². The van der Waals surface area contributed by atoms with Crippen LogP contribution in [-0.4, -0.2) is 51.0 Å². The number of piperidine rings is 1. The van der Waals surface area contributed by atoms with Crippen LogP contribution in [0.5, 0.6) is 0 Å². The monoisotopic (exact) mass is 370 g/mol. The van der Waals surface area contributed by atoms with Crippen molar-refractivity contribution in [2.24, 2.45) is 0 Å². The fourth-order valence-corrected chi connectivity index (χ4v) is 4.81. The van der Waals surface area contributed by atoms with E-state index >= 15 is 0 Å². The molecule has 1 atom stereocenters. The predicted octanol–water partition coefficient (Wildman–Crippen LogP) is 1.91. The first-order valence-corrected chi connectivity index (χ1v) is 10.1. The third kappa shape index (κ3) is 4.19. The lowest BCUT2D eigenvalue weighted by Crippen LogP contribution is -2.36. The summed E-state index contributed by atoms with van der Waals surface area (Å²) in [6.45, 7) is 1.83. The minimum Gasteiger partial charge on any atom is -0.376 e. The van der Waals surface area contributed by atoms with Gasteiger partial charge in [-0.25, -0.2) is 12.8 Å². The van der Waals surface area contributed by atoms with Crippen LogP contribution < -0.4 is 5.32 Å². The lowest BCUT2D eigenvalue weighted by Gasteiger charge is -2.26. The van der Waals surface area contributed by atoms with Gasteiger partial charge in [0.25, 0.3) is 5.91 Å². The first-order chi connectivity index (χ1) is 12.0. The van der Waals surface area contributed by atoms with Crippen molar-refractivity contribution in [3.05, 3.63) is 29.6 Å². The zero-order chi connectivity index (χ0) is 17.9. The third-order valence-electron chi connectivity index (χ3n) is 4.64. The fourth-order valence-electron chi connectivity index (χ4n) is 3.20. The lowest BCUT2D eigenvalue weighted by atomic mass is 10.2. The van der Waals surface area contributed by atoms with Gasteiger partial charge in [0.05, 0.1) is 6.10 Å². The number of benzene rings is 1. The van der Waals surface area contributed by atoms with E-state index in [-0.39, 0.29) is 11.7 Å². The number of rotatable bonds is 5. The Bertz CT molecular complexity index is 726. The average molecular weight is 370 g/mol. The standard InChI is InChI=1S/C17H23FN2O4S/c18-15-7-6-13(17(21)19-12-14-5-4-10-24-14)11-16(15)25(22,23)20-8-2-1-3-9-20/h6-7,11,14H,1-5,8-10,12H2,(H,19,21). The minimum atomic E-state index is -3.93. The Morgan fingerprint density at radius 1 is 1.24 bits per heavy atom. The van der Waals surface area contributed by atoms with Gasteiger partial charge >= 0.3 is 0 Å². The van der Waals surface area contributed by atoms with Crippen LogP contribution in [0.4, 0.5) is 4.39 Å². The molecule has 1 aromatic rings. The molecule has 2 aliphatic rings. The van der Waals surface area contributed by atoms with Gasteiger partial charge in [0.15, 0.2) is 0 Å². The van der Waals surface area contributed by atoms with E-state index in [0.717, 1.165) is 44.2 Å². The molecule has 1 N–H and O–H groups in total. The molecule has 2 aliphatic heterocycles. The van der Waals surface area contributed by atoms with Gasteiger partial charge < -0.3 is 10.1 Å². The van der Waals surface area contributed by atoms with Crippen LogP contribution in [0, 0.1) is 5.82 Å². The summed E-state index contributed by atoms with van der Waals surface area (Å²) in [5, 5.41) is 2.72. The molecular formula is C17H23FN2O4S. The number of ether oxygens (including phenoxy) is 1. The van der Waals surface area contributed by atoms with E-state index in [2.05, 4.69) is 5.32 Å². The van der Waals surface area contributed by atoms with Gasteiger partial charge in [-0.2, -0.15) is 4.31 Å². The highest BCUT2D eigenvalue weighted by molar-refractivity contribution is 7.89. The Labute approximate surface area is 147 Å². The summed E-state index contributed by atoms with van der Waals surface area (Å²) in [6.07, 6.45) is 4.35. The van der Waals surface area contributed by atoms with Crippen molar-refractivity contribution in [1.82, 2.24) is 9.62 Å². The molecule has 2 fully saturated rings. The summed E-state index contributed by atoms with van der Waals surface area (Å²) in [5.41, 5.74) is 0.134. The van der Waals surface area contributed by atoms with Gasteiger partial charge in [-0.05, 0) is 43.9 Å². The number of amides is 1. The van der Waals surface area contributed by atoms with Crippen LogP contribution in [0.3, 0.4) is 0 Å². The molecule has 3 rings (SSSR count). The molecule has 0 saturated carbocycles. The van der Waals surface area contributed by atoms with E-state index in [0.29, 0.717) is 26.2 Å². The molecule has 0 aliphatic carbocycles. The first-order valence-electron chi connectivity index (χ1n) is 8.68. The highest BCUT2D eigenvalue weighted by atomic mass is 32.2. The van der Waals surface area contributed by atoms with Crippen molar-refractivity contribution in [1.29, 1.82) is 0 Å². The van der Waals surface area contributed by atoms with Crippen LogP contribution in [0.25, 0.3) is 0 Å². The summed E-state index contributed by atoms with van der Waals surface area (Å²) in [7, 11) is -3.93. The van der Waals surface area contributed by atoms with Crippen molar-refractivity contribution >= 4 is 15.9 Å². The molecule has 0 aromatic heterocycles. The molecule has 2 saturated heterocycles. The van der Waals surface area contributed by atoms with Crippen molar-refractivity contribution in [2.75, 3.05) is 26.2 Å². The molecule has 1 aromatic carbocycles. The number of carbonyl (C=O) groups is 1. The second kappa shape index (κ2) is 7.80. The Morgan fingerprint density at radius 3 is 2.68 bits per heavy atom. The average Bonchev–Trinajstić information content (AvgIpc) is 3.14. The topological polar surface area (TPSA) is 75.7 Å². The van der Waals surface area contributed by atoms with Crippen molar-refractivity contribution in [3.8, 4) is 0 Å². The Balaban J connectivity index is 1.76. The van der Waals surface area contributed by atoms with Gasteiger partial charge in [-0.1, -0.05) is 6.42 Å². The molecular weight excluding hydrogens is 347 g/mol. The van der Waals surface area contributed by atoms with Gasteiger partial charge in [0.2, 0.25) is 10.0 Å². The summed E-state index contributed by atoms with van der Waals surface area (Å²) in [6, 6.07) is 3.47. The zero-order valence-corrected chi connectivity index (χ0v) is 14.9. The lowest BCUT2D eigenvalue weighted by molar-refractivity contribution is 0.0857. The summed E-state index contributed by atoms with van der Waals surface area (Å²) >= 11 is 0. The number of nitrogens with zero attached hydrogens (tertiary/aromatic N) is 1. The Morgan fingerprint density at radius 2 is 2.00 bits per heavy atom. The SMILES string of the molecule is O=C(NCC1CCCO1)c1ccc(F)c(S(=O)(=O)N2CCCCC2)c1. The maximum atomic E-state index is 14.2. The molecule has 138 valence electrons.